The van der Waals surface area contributed by atoms with E-state index in [1.54, 1.807) is 0 Å². The van der Waals surface area contributed by atoms with Gasteiger partial charge < -0.3 is 10.2 Å². The second-order valence-electron chi connectivity index (χ2n) is 7.66. The predicted octanol–water partition coefficient (Wildman–Crippen LogP) is 4.32. The molecule has 2 aliphatic rings. The summed E-state index contributed by atoms with van der Waals surface area (Å²) in [7, 11) is 0. The molecule has 1 aromatic carbocycles. The van der Waals surface area contributed by atoms with Gasteiger partial charge in [0.1, 0.15) is 0 Å². The number of likely N-dealkylation sites (tertiary alicyclic amines) is 1. The van der Waals surface area contributed by atoms with Gasteiger partial charge >= 0.3 is 0 Å². The molecule has 3 rings (SSSR count). The summed E-state index contributed by atoms with van der Waals surface area (Å²) in [5.74, 6) is 0.437. The van der Waals surface area contributed by atoms with Crippen LogP contribution in [0.1, 0.15) is 70.3 Å². The molecular formula is C21H30N2O2. The highest BCUT2D eigenvalue weighted by atomic mass is 16.2. The minimum absolute atomic E-state index is 0.0250. The number of hydrogen-bond donors (Lipinski definition) is 1. The lowest BCUT2D eigenvalue weighted by Gasteiger charge is -2.31. The summed E-state index contributed by atoms with van der Waals surface area (Å²) in [4.78, 5) is 26.9. The van der Waals surface area contributed by atoms with Crippen molar-refractivity contribution < 1.29 is 9.59 Å². The summed E-state index contributed by atoms with van der Waals surface area (Å²) in [5, 5.41) is 2.99. The molecular weight excluding hydrogens is 312 g/mol. The van der Waals surface area contributed by atoms with Crippen LogP contribution in [0.3, 0.4) is 0 Å². The molecule has 0 aromatic heterocycles. The van der Waals surface area contributed by atoms with E-state index in [0.717, 1.165) is 24.9 Å². The van der Waals surface area contributed by atoms with Crippen molar-refractivity contribution in [2.45, 2.75) is 70.8 Å². The maximum atomic E-state index is 12.6. The van der Waals surface area contributed by atoms with Crippen molar-refractivity contribution in [1.82, 2.24) is 4.90 Å². The molecule has 2 unspecified atom stereocenters. The van der Waals surface area contributed by atoms with Gasteiger partial charge in [0.15, 0.2) is 0 Å². The Morgan fingerprint density at radius 3 is 2.52 bits per heavy atom. The topological polar surface area (TPSA) is 49.4 Å². The summed E-state index contributed by atoms with van der Waals surface area (Å²) < 4.78 is 0. The lowest BCUT2D eigenvalue weighted by molar-refractivity contribution is -0.130. The molecule has 1 saturated carbocycles. The first-order valence-electron chi connectivity index (χ1n) is 9.78. The molecule has 25 heavy (non-hydrogen) atoms. The number of carbonyl (C=O) groups is 2. The smallest absolute Gasteiger partial charge is 0.229 e. The molecule has 1 aliphatic carbocycles. The van der Waals surface area contributed by atoms with Gasteiger partial charge in [-0.3, -0.25) is 9.59 Å². The molecule has 4 nitrogen and oxygen atoms in total. The standard InChI is InChI=1S/C21H30N2O2/c1-3-15(2)16-9-11-18(12-10-16)22-21(25)17-13-20(24)23(14-17)19-7-5-4-6-8-19/h9-12,15,17,19H,3-8,13-14H2,1-2H3,(H,22,25). The van der Waals surface area contributed by atoms with E-state index in [2.05, 4.69) is 31.3 Å². The maximum Gasteiger partial charge on any atom is 0.229 e. The summed E-state index contributed by atoms with van der Waals surface area (Å²) in [6.45, 7) is 4.97. The molecule has 136 valence electrons. The highest BCUT2D eigenvalue weighted by molar-refractivity contribution is 5.97. The zero-order valence-electron chi connectivity index (χ0n) is 15.5. The number of rotatable bonds is 5. The van der Waals surface area contributed by atoms with Gasteiger partial charge in [-0.1, -0.05) is 45.2 Å². The fraction of sp³-hybridized carbons (Fsp3) is 0.619. The third kappa shape index (κ3) is 4.23. The maximum absolute atomic E-state index is 12.6. The van der Waals surface area contributed by atoms with Crippen LogP contribution in [0, 0.1) is 5.92 Å². The third-order valence-corrected chi connectivity index (χ3v) is 5.90. The Labute approximate surface area is 151 Å². The van der Waals surface area contributed by atoms with Crippen molar-refractivity contribution >= 4 is 17.5 Å². The Balaban J connectivity index is 1.57. The van der Waals surface area contributed by atoms with E-state index < -0.39 is 0 Å². The number of nitrogens with one attached hydrogen (secondary N) is 1. The first kappa shape index (κ1) is 18.0. The van der Waals surface area contributed by atoms with Crippen LogP contribution < -0.4 is 5.32 Å². The van der Waals surface area contributed by atoms with Crippen molar-refractivity contribution in [1.29, 1.82) is 0 Å². The SMILES string of the molecule is CCC(C)c1ccc(NC(=O)C2CC(=O)N(C3CCCCC3)C2)cc1. The van der Waals surface area contributed by atoms with Crippen LogP contribution in [0.4, 0.5) is 5.69 Å². The Morgan fingerprint density at radius 1 is 1.20 bits per heavy atom. The van der Waals surface area contributed by atoms with Crippen molar-refractivity contribution in [3.05, 3.63) is 29.8 Å². The monoisotopic (exact) mass is 342 g/mol. The van der Waals surface area contributed by atoms with E-state index in [-0.39, 0.29) is 17.7 Å². The Kier molecular flexibility index (Phi) is 5.77. The Morgan fingerprint density at radius 2 is 1.88 bits per heavy atom. The lowest BCUT2D eigenvalue weighted by Crippen LogP contribution is -2.38. The molecule has 1 N–H and O–H groups in total. The molecule has 0 bridgehead atoms. The van der Waals surface area contributed by atoms with Crippen molar-refractivity contribution in [3.63, 3.8) is 0 Å². The number of benzene rings is 1. The molecule has 2 fully saturated rings. The summed E-state index contributed by atoms with van der Waals surface area (Å²) in [5.41, 5.74) is 2.11. The van der Waals surface area contributed by atoms with Gasteiger partial charge in [0.05, 0.1) is 5.92 Å². The molecule has 2 amide bonds. The largest absolute Gasteiger partial charge is 0.339 e. The fourth-order valence-corrected chi connectivity index (χ4v) is 4.03. The summed E-state index contributed by atoms with van der Waals surface area (Å²) >= 11 is 0. The van der Waals surface area contributed by atoms with E-state index in [1.807, 2.05) is 17.0 Å². The van der Waals surface area contributed by atoms with Crippen molar-refractivity contribution in [2.24, 2.45) is 5.92 Å². The Bertz CT molecular complexity index is 605. The van der Waals surface area contributed by atoms with Crippen LogP contribution in [0.25, 0.3) is 0 Å². The molecule has 1 saturated heterocycles. The first-order valence-corrected chi connectivity index (χ1v) is 9.78. The van der Waals surface area contributed by atoms with Crippen LogP contribution in [0.5, 0.6) is 0 Å². The zero-order valence-corrected chi connectivity index (χ0v) is 15.5. The quantitative estimate of drug-likeness (QED) is 0.866. The van der Waals surface area contributed by atoms with Crippen LogP contribution in [0.2, 0.25) is 0 Å². The minimum atomic E-state index is -0.219. The zero-order chi connectivity index (χ0) is 17.8. The van der Waals surface area contributed by atoms with Gasteiger partial charge in [-0.25, -0.2) is 0 Å². The summed E-state index contributed by atoms with van der Waals surface area (Å²) in [6.07, 6.45) is 7.32. The van der Waals surface area contributed by atoms with Crippen molar-refractivity contribution in [2.75, 3.05) is 11.9 Å². The van der Waals surface area contributed by atoms with E-state index in [0.29, 0.717) is 24.9 Å². The van der Waals surface area contributed by atoms with Crippen molar-refractivity contribution in [3.8, 4) is 0 Å². The van der Waals surface area contributed by atoms with Gasteiger partial charge in [-0.2, -0.15) is 0 Å². The number of hydrogen-bond acceptors (Lipinski definition) is 2. The van der Waals surface area contributed by atoms with Gasteiger partial charge in [-0.15, -0.1) is 0 Å². The lowest BCUT2D eigenvalue weighted by atomic mass is 9.94. The molecule has 4 heteroatoms. The summed E-state index contributed by atoms with van der Waals surface area (Å²) in [6, 6.07) is 8.45. The van der Waals surface area contributed by atoms with E-state index >= 15 is 0 Å². The van der Waals surface area contributed by atoms with Crippen LogP contribution in [0.15, 0.2) is 24.3 Å². The second-order valence-corrected chi connectivity index (χ2v) is 7.66. The molecule has 1 heterocycles. The average molecular weight is 342 g/mol. The van der Waals surface area contributed by atoms with E-state index in [4.69, 9.17) is 0 Å². The fourth-order valence-electron chi connectivity index (χ4n) is 4.03. The number of anilines is 1. The van der Waals surface area contributed by atoms with Gasteiger partial charge in [0, 0.05) is 24.7 Å². The predicted molar refractivity (Wildman–Crippen MR) is 100 cm³/mol. The van der Waals surface area contributed by atoms with Crippen LogP contribution in [-0.2, 0) is 9.59 Å². The van der Waals surface area contributed by atoms with Gasteiger partial charge in [-0.05, 0) is 42.9 Å². The number of carbonyl (C=O) groups excluding carboxylic acids is 2. The van der Waals surface area contributed by atoms with Crippen LogP contribution in [-0.4, -0.2) is 29.3 Å². The first-order chi connectivity index (χ1) is 12.1. The average Bonchev–Trinajstić information content (AvgIpc) is 3.04. The van der Waals surface area contributed by atoms with Crippen LogP contribution >= 0.6 is 0 Å². The second kappa shape index (κ2) is 8.03. The number of nitrogens with zero attached hydrogens (tertiary/aromatic N) is 1. The highest BCUT2D eigenvalue weighted by Crippen LogP contribution is 2.29. The van der Waals surface area contributed by atoms with E-state index in [1.165, 1.54) is 24.8 Å². The van der Waals surface area contributed by atoms with Gasteiger partial charge in [0.2, 0.25) is 11.8 Å². The molecule has 0 spiro atoms. The Hall–Kier alpha value is -1.84. The highest BCUT2D eigenvalue weighted by Gasteiger charge is 2.38. The van der Waals surface area contributed by atoms with Gasteiger partial charge in [0.25, 0.3) is 0 Å². The number of amides is 2. The molecule has 1 aromatic rings. The van der Waals surface area contributed by atoms with E-state index in [9.17, 15) is 9.59 Å². The molecule has 1 aliphatic heterocycles. The molecule has 0 radical (unpaired) electrons. The molecule has 2 atom stereocenters. The normalized spacial score (nSPS) is 22.9. The minimum Gasteiger partial charge on any atom is -0.339 e. The third-order valence-electron chi connectivity index (χ3n) is 5.90.